The molecule has 1 saturated carbocycles. The van der Waals surface area contributed by atoms with Crippen molar-refractivity contribution in [3.8, 4) is 0 Å². The molecule has 22 heavy (non-hydrogen) atoms. The molecule has 1 aliphatic carbocycles. The van der Waals surface area contributed by atoms with Crippen molar-refractivity contribution in [1.82, 2.24) is 4.90 Å². The maximum Gasteiger partial charge on any atom is 0.225 e. The van der Waals surface area contributed by atoms with E-state index in [1.165, 1.54) is 12.0 Å². The van der Waals surface area contributed by atoms with Crippen molar-refractivity contribution < 1.29 is 9.53 Å². The third-order valence-electron chi connectivity index (χ3n) is 5.16. The van der Waals surface area contributed by atoms with E-state index < -0.39 is 0 Å². The smallest absolute Gasteiger partial charge is 0.225 e. The van der Waals surface area contributed by atoms with Crippen LogP contribution in [-0.2, 0) is 16.1 Å². The molecule has 3 nitrogen and oxygen atoms in total. The molecular formula is C19H27NO2. The summed E-state index contributed by atoms with van der Waals surface area (Å²) in [4.78, 5) is 14.3. The van der Waals surface area contributed by atoms with Gasteiger partial charge >= 0.3 is 0 Å². The lowest BCUT2D eigenvalue weighted by atomic mass is 9.83. The van der Waals surface area contributed by atoms with Crippen LogP contribution in [0.15, 0.2) is 30.3 Å². The van der Waals surface area contributed by atoms with E-state index in [4.69, 9.17) is 4.74 Å². The molecule has 1 aromatic carbocycles. The Morgan fingerprint density at radius 1 is 1.09 bits per heavy atom. The number of hydrogen-bond acceptors (Lipinski definition) is 2. The summed E-state index contributed by atoms with van der Waals surface area (Å²) in [5.74, 6) is 1.50. The van der Waals surface area contributed by atoms with Crippen LogP contribution >= 0.6 is 0 Å². The van der Waals surface area contributed by atoms with Crippen molar-refractivity contribution in [2.45, 2.75) is 45.1 Å². The highest BCUT2D eigenvalue weighted by atomic mass is 16.5. The molecule has 0 bridgehead atoms. The van der Waals surface area contributed by atoms with Crippen molar-refractivity contribution in [2.24, 2.45) is 11.8 Å². The molecule has 0 atom stereocenters. The first-order valence-electron chi connectivity index (χ1n) is 8.73. The number of likely N-dealkylation sites (tertiary alicyclic amines) is 1. The lowest BCUT2D eigenvalue weighted by molar-refractivity contribution is -0.139. The van der Waals surface area contributed by atoms with Gasteiger partial charge in [0.2, 0.25) is 5.91 Å². The molecule has 0 aromatic heterocycles. The molecular weight excluding hydrogens is 274 g/mol. The second kappa shape index (κ2) is 7.77. The van der Waals surface area contributed by atoms with Gasteiger partial charge < -0.3 is 9.64 Å². The Hall–Kier alpha value is -1.35. The van der Waals surface area contributed by atoms with Crippen LogP contribution in [0.1, 0.15) is 44.1 Å². The molecule has 3 rings (SSSR count). The van der Waals surface area contributed by atoms with E-state index in [0.717, 1.165) is 57.7 Å². The maximum absolute atomic E-state index is 12.2. The fraction of sp³-hybridized carbons (Fsp3) is 0.632. The summed E-state index contributed by atoms with van der Waals surface area (Å²) >= 11 is 0. The number of benzene rings is 1. The van der Waals surface area contributed by atoms with Crippen LogP contribution in [0.4, 0.5) is 0 Å². The van der Waals surface area contributed by atoms with Crippen LogP contribution in [0, 0.1) is 11.8 Å². The predicted molar refractivity (Wildman–Crippen MR) is 87.4 cm³/mol. The first-order valence-corrected chi connectivity index (χ1v) is 8.73. The first-order chi connectivity index (χ1) is 10.8. The number of rotatable bonds is 6. The highest BCUT2D eigenvalue weighted by Gasteiger charge is 2.31. The number of piperidine rings is 1. The van der Waals surface area contributed by atoms with Crippen molar-refractivity contribution in [1.29, 1.82) is 0 Å². The number of hydrogen-bond donors (Lipinski definition) is 0. The molecule has 0 radical (unpaired) electrons. The first kappa shape index (κ1) is 15.5. The zero-order valence-electron chi connectivity index (χ0n) is 13.4. The SMILES string of the molecule is O=C(C1CCC1)N1CCC(CCOCc2ccccc2)CC1. The zero-order chi connectivity index (χ0) is 15.2. The Morgan fingerprint density at radius 3 is 2.45 bits per heavy atom. The van der Waals surface area contributed by atoms with Gasteiger partial charge in [-0.05, 0) is 43.6 Å². The van der Waals surface area contributed by atoms with Gasteiger partial charge in [-0.25, -0.2) is 0 Å². The Labute approximate surface area is 133 Å². The van der Waals surface area contributed by atoms with Crippen molar-refractivity contribution in [3.63, 3.8) is 0 Å². The summed E-state index contributed by atoms with van der Waals surface area (Å²) < 4.78 is 5.78. The molecule has 0 spiro atoms. The second-order valence-electron chi connectivity index (χ2n) is 6.72. The number of carbonyl (C=O) groups excluding carboxylic acids is 1. The molecule has 2 fully saturated rings. The predicted octanol–water partition coefficient (Wildman–Crippen LogP) is 3.63. The zero-order valence-corrected chi connectivity index (χ0v) is 13.4. The summed E-state index contributed by atoms with van der Waals surface area (Å²) in [7, 11) is 0. The molecule has 3 heteroatoms. The second-order valence-corrected chi connectivity index (χ2v) is 6.72. The van der Waals surface area contributed by atoms with E-state index in [9.17, 15) is 4.79 Å². The average Bonchev–Trinajstić information content (AvgIpc) is 2.51. The minimum atomic E-state index is 0.353. The van der Waals surface area contributed by atoms with E-state index >= 15 is 0 Å². The summed E-state index contributed by atoms with van der Waals surface area (Å²) in [6, 6.07) is 10.3. The summed E-state index contributed by atoms with van der Waals surface area (Å²) in [5.41, 5.74) is 1.24. The van der Waals surface area contributed by atoms with E-state index in [2.05, 4.69) is 17.0 Å². The van der Waals surface area contributed by atoms with Gasteiger partial charge in [0.25, 0.3) is 0 Å². The fourth-order valence-electron chi connectivity index (χ4n) is 3.37. The monoisotopic (exact) mass is 301 g/mol. The highest BCUT2D eigenvalue weighted by Crippen LogP contribution is 2.30. The van der Waals surface area contributed by atoms with Crippen LogP contribution in [0.5, 0.6) is 0 Å². The third kappa shape index (κ3) is 4.10. The molecule has 1 aliphatic heterocycles. The largest absolute Gasteiger partial charge is 0.377 e. The lowest BCUT2D eigenvalue weighted by Gasteiger charge is -2.36. The molecule has 0 unspecified atom stereocenters. The van der Waals surface area contributed by atoms with E-state index in [1.54, 1.807) is 0 Å². The van der Waals surface area contributed by atoms with Crippen molar-refractivity contribution >= 4 is 5.91 Å². The van der Waals surface area contributed by atoms with Crippen LogP contribution in [0.25, 0.3) is 0 Å². The van der Waals surface area contributed by atoms with Crippen LogP contribution in [0.2, 0.25) is 0 Å². The normalized spacial score (nSPS) is 19.9. The topological polar surface area (TPSA) is 29.5 Å². The molecule has 1 saturated heterocycles. The number of amides is 1. The van der Waals surface area contributed by atoms with Crippen LogP contribution < -0.4 is 0 Å². The average molecular weight is 301 g/mol. The van der Waals surface area contributed by atoms with Crippen LogP contribution in [-0.4, -0.2) is 30.5 Å². The Morgan fingerprint density at radius 2 is 1.82 bits per heavy atom. The van der Waals surface area contributed by atoms with Crippen molar-refractivity contribution in [3.05, 3.63) is 35.9 Å². The molecule has 120 valence electrons. The minimum absolute atomic E-state index is 0.353. The Kier molecular flexibility index (Phi) is 5.49. The van der Waals surface area contributed by atoms with E-state index in [0.29, 0.717) is 18.4 Å². The van der Waals surface area contributed by atoms with Crippen LogP contribution in [0.3, 0.4) is 0 Å². The van der Waals surface area contributed by atoms with Gasteiger partial charge in [0.15, 0.2) is 0 Å². The fourth-order valence-corrected chi connectivity index (χ4v) is 3.37. The van der Waals surface area contributed by atoms with Gasteiger partial charge in [-0.1, -0.05) is 36.8 Å². The number of ether oxygens (including phenoxy) is 1. The Bertz CT molecular complexity index is 462. The molecule has 1 heterocycles. The summed E-state index contributed by atoms with van der Waals surface area (Å²) in [6.45, 7) is 3.45. The summed E-state index contributed by atoms with van der Waals surface area (Å²) in [5, 5.41) is 0. The lowest BCUT2D eigenvalue weighted by Crippen LogP contribution is -2.43. The quantitative estimate of drug-likeness (QED) is 0.751. The van der Waals surface area contributed by atoms with Gasteiger partial charge in [-0.2, -0.15) is 0 Å². The molecule has 0 N–H and O–H groups in total. The van der Waals surface area contributed by atoms with E-state index in [1.807, 2.05) is 18.2 Å². The number of carbonyl (C=O) groups is 1. The third-order valence-corrected chi connectivity index (χ3v) is 5.16. The van der Waals surface area contributed by atoms with E-state index in [-0.39, 0.29) is 0 Å². The highest BCUT2D eigenvalue weighted by molar-refractivity contribution is 5.79. The summed E-state index contributed by atoms with van der Waals surface area (Å²) in [6.07, 6.45) is 6.89. The van der Waals surface area contributed by atoms with Crippen molar-refractivity contribution in [2.75, 3.05) is 19.7 Å². The molecule has 1 aromatic rings. The van der Waals surface area contributed by atoms with Gasteiger partial charge in [0.05, 0.1) is 6.61 Å². The molecule has 1 amide bonds. The minimum Gasteiger partial charge on any atom is -0.377 e. The number of nitrogens with zero attached hydrogens (tertiary/aromatic N) is 1. The van der Waals surface area contributed by atoms with Gasteiger partial charge in [0, 0.05) is 25.6 Å². The van der Waals surface area contributed by atoms with Gasteiger partial charge in [-0.15, -0.1) is 0 Å². The standard InChI is InChI=1S/C19H27NO2/c21-19(18-7-4-8-18)20-12-9-16(10-13-20)11-14-22-15-17-5-2-1-3-6-17/h1-3,5-6,16,18H,4,7-15H2. The maximum atomic E-state index is 12.2. The molecule has 2 aliphatic rings. The van der Waals surface area contributed by atoms with Gasteiger partial charge in [0.1, 0.15) is 0 Å². The van der Waals surface area contributed by atoms with Gasteiger partial charge in [-0.3, -0.25) is 4.79 Å². The Balaban J connectivity index is 1.30.